The maximum atomic E-state index is 11.6. The minimum Gasteiger partial charge on any atom is -0.493 e. The summed E-state index contributed by atoms with van der Waals surface area (Å²) in [5.74, 6) is 1.77. The van der Waals surface area contributed by atoms with E-state index in [-0.39, 0.29) is 11.8 Å². The van der Waals surface area contributed by atoms with Gasteiger partial charge in [0, 0.05) is 32.0 Å². The summed E-state index contributed by atoms with van der Waals surface area (Å²) in [5.41, 5.74) is 0.264. The van der Waals surface area contributed by atoms with Gasteiger partial charge in [0.1, 0.15) is 18.2 Å². The predicted molar refractivity (Wildman–Crippen MR) is 92.2 cm³/mol. The number of benzene rings is 1. The van der Waals surface area contributed by atoms with Crippen LogP contribution in [0.4, 0.5) is 5.82 Å². The SMILES string of the molecule is COC(=O)c1cc(N2CCC(Oc3ccccc3OC)CC2)ncn1. The average molecular weight is 343 g/mol. The quantitative estimate of drug-likeness (QED) is 0.771. The first-order valence-corrected chi connectivity index (χ1v) is 8.16. The van der Waals surface area contributed by atoms with Crippen molar-refractivity contribution in [1.82, 2.24) is 9.97 Å². The fraction of sp³-hybridized carbons (Fsp3) is 0.389. The van der Waals surface area contributed by atoms with Crippen molar-refractivity contribution in [1.29, 1.82) is 0 Å². The van der Waals surface area contributed by atoms with E-state index in [9.17, 15) is 4.79 Å². The van der Waals surface area contributed by atoms with Gasteiger partial charge in [-0.15, -0.1) is 0 Å². The highest BCUT2D eigenvalue weighted by Gasteiger charge is 2.23. The summed E-state index contributed by atoms with van der Waals surface area (Å²) >= 11 is 0. The molecular formula is C18H21N3O4. The summed E-state index contributed by atoms with van der Waals surface area (Å²) in [7, 11) is 2.98. The van der Waals surface area contributed by atoms with E-state index in [0.717, 1.165) is 43.2 Å². The van der Waals surface area contributed by atoms with E-state index in [0.29, 0.717) is 0 Å². The third-order valence-corrected chi connectivity index (χ3v) is 4.18. The van der Waals surface area contributed by atoms with Gasteiger partial charge in [0.15, 0.2) is 17.2 Å². The molecule has 7 heteroatoms. The lowest BCUT2D eigenvalue weighted by Crippen LogP contribution is -2.38. The second-order valence-electron chi connectivity index (χ2n) is 5.71. The molecular weight excluding hydrogens is 322 g/mol. The molecule has 2 aromatic rings. The Morgan fingerprint density at radius 1 is 1.12 bits per heavy atom. The number of rotatable bonds is 5. The van der Waals surface area contributed by atoms with Gasteiger partial charge in [-0.05, 0) is 12.1 Å². The number of methoxy groups -OCH3 is 2. The fourth-order valence-electron chi connectivity index (χ4n) is 2.83. The molecule has 1 fully saturated rings. The Kier molecular flexibility index (Phi) is 5.33. The van der Waals surface area contributed by atoms with Gasteiger partial charge in [-0.2, -0.15) is 0 Å². The number of anilines is 1. The van der Waals surface area contributed by atoms with Crippen molar-refractivity contribution < 1.29 is 19.0 Å². The molecule has 1 saturated heterocycles. The van der Waals surface area contributed by atoms with Crippen LogP contribution in [0.3, 0.4) is 0 Å². The van der Waals surface area contributed by atoms with Crippen molar-refractivity contribution in [3.63, 3.8) is 0 Å². The van der Waals surface area contributed by atoms with Crippen molar-refractivity contribution in [2.24, 2.45) is 0 Å². The number of carbonyl (C=O) groups is 1. The first-order valence-electron chi connectivity index (χ1n) is 8.16. The minimum atomic E-state index is -0.460. The van der Waals surface area contributed by atoms with E-state index >= 15 is 0 Å². The molecule has 25 heavy (non-hydrogen) atoms. The molecule has 0 spiro atoms. The van der Waals surface area contributed by atoms with Crippen LogP contribution < -0.4 is 14.4 Å². The van der Waals surface area contributed by atoms with E-state index in [1.54, 1.807) is 13.2 Å². The second-order valence-corrected chi connectivity index (χ2v) is 5.71. The molecule has 1 aliphatic heterocycles. The second kappa shape index (κ2) is 7.83. The summed E-state index contributed by atoms with van der Waals surface area (Å²) in [6.07, 6.45) is 3.22. The van der Waals surface area contributed by atoms with Gasteiger partial charge >= 0.3 is 5.97 Å². The van der Waals surface area contributed by atoms with Crippen LogP contribution in [0, 0.1) is 0 Å². The molecule has 1 aromatic carbocycles. The first-order chi connectivity index (χ1) is 12.2. The molecule has 7 nitrogen and oxygen atoms in total. The summed E-state index contributed by atoms with van der Waals surface area (Å²) in [5, 5.41) is 0. The van der Waals surface area contributed by atoms with Crippen molar-refractivity contribution in [2.75, 3.05) is 32.2 Å². The monoisotopic (exact) mass is 343 g/mol. The zero-order chi connectivity index (χ0) is 17.6. The lowest BCUT2D eigenvalue weighted by atomic mass is 10.1. The topological polar surface area (TPSA) is 73.8 Å². The third-order valence-electron chi connectivity index (χ3n) is 4.18. The van der Waals surface area contributed by atoms with Gasteiger partial charge in [0.05, 0.1) is 14.2 Å². The smallest absolute Gasteiger partial charge is 0.356 e. The summed E-state index contributed by atoms with van der Waals surface area (Å²) in [6.45, 7) is 1.58. The number of nitrogens with zero attached hydrogens (tertiary/aromatic N) is 3. The van der Waals surface area contributed by atoms with Gasteiger partial charge in [-0.1, -0.05) is 12.1 Å². The van der Waals surface area contributed by atoms with Crippen molar-refractivity contribution >= 4 is 11.8 Å². The number of hydrogen-bond acceptors (Lipinski definition) is 7. The molecule has 2 heterocycles. The Balaban J connectivity index is 1.61. The molecule has 0 bridgehead atoms. The highest BCUT2D eigenvalue weighted by Crippen LogP contribution is 2.29. The molecule has 1 aliphatic rings. The fourth-order valence-corrected chi connectivity index (χ4v) is 2.83. The van der Waals surface area contributed by atoms with Crippen molar-refractivity contribution in [3.05, 3.63) is 42.4 Å². The van der Waals surface area contributed by atoms with Crippen LogP contribution in [0.2, 0.25) is 0 Å². The lowest BCUT2D eigenvalue weighted by molar-refractivity contribution is 0.0593. The van der Waals surface area contributed by atoms with Crippen molar-refractivity contribution in [3.8, 4) is 11.5 Å². The molecule has 3 rings (SSSR count). The van der Waals surface area contributed by atoms with Crippen LogP contribution in [0.15, 0.2) is 36.7 Å². The molecule has 0 saturated carbocycles. The van der Waals surface area contributed by atoms with Crippen molar-refractivity contribution in [2.45, 2.75) is 18.9 Å². The number of carbonyl (C=O) groups excluding carboxylic acids is 1. The van der Waals surface area contributed by atoms with E-state index in [1.807, 2.05) is 24.3 Å². The Morgan fingerprint density at radius 2 is 1.84 bits per heavy atom. The van der Waals surface area contributed by atoms with Crippen LogP contribution in [0.1, 0.15) is 23.3 Å². The van der Waals surface area contributed by atoms with Crippen LogP contribution in [-0.4, -0.2) is 49.4 Å². The Labute approximate surface area is 146 Å². The lowest BCUT2D eigenvalue weighted by Gasteiger charge is -2.33. The normalized spacial score (nSPS) is 14.9. The summed E-state index contributed by atoms with van der Waals surface area (Å²) in [6, 6.07) is 9.32. The standard InChI is InChI=1S/C18H21N3O4/c1-23-15-5-3-4-6-16(15)25-13-7-9-21(10-8-13)17-11-14(18(22)24-2)19-12-20-17/h3-6,11-13H,7-10H2,1-2H3. The van der Waals surface area contributed by atoms with Gasteiger partial charge in [-0.3, -0.25) is 0 Å². The van der Waals surface area contributed by atoms with Gasteiger partial charge in [0.25, 0.3) is 0 Å². The maximum absolute atomic E-state index is 11.6. The van der Waals surface area contributed by atoms with Crippen LogP contribution in [0.5, 0.6) is 11.5 Å². The molecule has 0 radical (unpaired) electrons. The first kappa shape index (κ1) is 17.0. The van der Waals surface area contributed by atoms with Gasteiger partial charge in [-0.25, -0.2) is 14.8 Å². The Hall–Kier alpha value is -2.83. The van der Waals surface area contributed by atoms with E-state index in [1.165, 1.54) is 13.4 Å². The van der Waals surface area contributed by atoms with E-state index < -0.39 is 5.97 Å². The number of ether oxygens (including phenoxy) is 3. The predicted octanol–water partition coefficient (Wildman–Crippen LogP) is 2.32. The van der Waals surface area contributed by atoms with E-state index in [4.69, 9.17) is 14.2 Å². The Bertz CT molecular complexity index is 730. The van der Waals surface area contributed by atoms with E-state index in [2.05, 4.69) is 14.9 Å². The number of aromatic nitrogens is 2. The zero-order valence-electron chi connectivity index (χ0n) is 14.3. The van der Waals surface area contributed by atoms with Gasteiger partial charge in [0.2, 0.25) is 0 Å². The molecule has 132 valence electrons. The van der Waals surface area contributed by atoms with Crippen LogP contribution >= 0.6 is 0 Å². The molecule has 1 aromatic heterocycles. The minimum absolute atomic E-state index is 0.120. The van der Waals surface area contributed by atoms with Crippen LogP contribution in [-0.2, 0) is 4.74 Å². The molecule has 0 atom stereocenters. The zero-order valence-corrected chi connectivity index (χ0v) is 14.3. The highest BCUT2D eigenvalue weighted by molar-refractivity contribution is 5.87. The maximum Gasteiger partial charge on any atom is 0.356 e. The number of hydrogen-bond donors (Lipinski definition) is 0. The number of piperidine rings is 1. The summed E-state index contributed by atoms with van der Waals surface area (Å²) in [4.78, 5) is 21.9. The highest BCUT2D eigenvalue weighted by atomic mass is 16.5. The average Bonchev–Trinajstić information content (AvgIpc) is 2.68. The third kappa shape index (κ3) is 3.99. The van der Waals surface area contributed by atoms with Crippen LogP contribution in [0.25, 0.3) is 0 Å². The summed E-state index contributed by atoms with van der Waals surface area (Å²) < 4.78 is 16.1. The molecule has 0 N–H and O–H groups in total. The van der Waals surface area contributed by atoms with Gasteiger partial charge < -0.3 is 19.1 Å². The molecule has 0 unspecified atom stereocenters. The number of esters is 1. The number of para-hydroxylation sites is 2. The molecule has 0 amide bonds. The molecule has 0 aliphatic carbocycles. The largest absolute Gasteiger partial charge is 0.493 e. The Morgan fingerprint density at radius 3 is 2.52 bits per heavy atom.